The molecule has 1 aliphatic rings. The average Bonchev–Trinajstić information content (AvgIpc) is 2.60. The van der Waals surface area contributed by atoms with Crippen LogP contribution in [0.4, 0.5) is 0 Å². The number of rotatable bonds is 1. The number of aliphatic hydroxyl groups is 1. The smallest absolute Gasteiger partial charge is 0.0846 e. The van der Waals surface area contributed by atoms with Crippen molar-refractivity contribution >= 4 is 21.6 Å². The third kappa shape index (κ3) is 1.16. The van der Waals surface area contributed by atoms with Crippen LogP contribution in [0.25, 0.3) is 10.2 Å². The van der Waals surface area contributed by atoms with Gasteiger partial charge in [0.25, 0.3) is 0 Å². The zero-order valence-corrected chi connectivity index (χ0v) is 8.50. The predicted molar refractivity (Wildman–Crippen MR) is 57.6 cm³/mol. The second kappa shape index (κ2) is 3.04. The number of thiazole rings is 1. The van der Waals surface area contributed by atoms with Crippen LogP contribution in [0.15, 0.2) is 23.7 Å². The van der Waals surface area contributed by atoms with Crippen molar-refractivity contribution in [3.63, 3.8) is 0 Å². The summed E-state index contributed by atoms with van der Waals surface area (Å²) >= 11 is 1.68. The van der Waals surface area contributed by atoms with Gasteiger partial charge in [0, 0.05) is 0 Å². The first-order chi connectivity index (χ1) is 6.84. The molecule has 0 unspecified atom stereocenters. The maximum atomic E-state index is 9.28. The number of hydrogen-bond donors (Lipinski definition) is 1. The fourth-order valence-electron chi connectivity index (χ4n) is 2.08. The molecular weight excluding hydrogens is 194 g/mol. The highest BCUT2D eigenvalue weighted by molar-refractivity contribution is 7.16. The maximum absolute atomic E-state index is 9.28. The molecule has 0 radical (unpaired) electrons. The van der Waals surface area contributed by atoms with Crippen LogP contribution in [0, 0.1) is 0 Å². The van der Waals surface area contributed by atoms with Crippen molar-refractivity contribution in [2.24, 2.45) is 0 Å². The van der Waals surface area contributed by atoms with Gasteiger partial charge in [-0.2, -0.15) is 0 Å². The molecule has 0 saturated heterocycles. The molecule has 3 rings (SSSR count). The third-order valence-corrected chi connectivity index (χ3v) is 3.74. The molecule has 0 atom stereocenters. The lowest BCUT2D eigenvalue weighted by Gasteiger charge is -2.31. The van der Waals surface area contributed by atoms with Crippen LogP contribution in [0.3, 0.4) is 0 Å². The highest BCUT2D eigenvalue weighted by Gasteiger charge is 2.29. The second-order valence-electron chi connectivity index (χ2n) is 3.87. The predicted octanol–water partition coefficient (Wildman–Crippen LogP) is 2.53. The molecule has 2 aromatic rings. The lowest BCUT2D eigenvalue weighted by atomic mass is 9.77. The van der Waals surface area contributed by atoms with E-state index in [9.17, 15) is 5.11 Å². The fraction of sp³-hybridized carbons (Fsp3) is 0.364. The number of para-hydroxylation sites is 1. The van der Waals surface area contributed by atoms with Crippen LogP contribution < -0.4 is 0 Å². The number of benzene rings is 1. The van der Waals surface area contributed by atoms with E-state index in [-0.39, 0.29) is 6.10 Å². The Morgan fingerprint density at radius 2 is 2.21 bits per heavy atom. The molecule has 0 bridgehead atoms. The van der Waals surface area contributed by atoms with E-state index in [4.69, 9.17) is 0 Å². The van der Waals surface area contributed by atoms with Crippen molar-refractivity contribution in [2.75, 3.05) is 0 Å². The van der Waals surface area contributed by atoms with Gasteiger partial charge in [-0.25, -0.2) is 4.98 Å². The van der Waals surface area contributed by atoms with Gasteiger partial charge >= 0.3 is 0 Å². The summed E-state index contributed by atoms with van der Waals surface area (Å²) in [6.07, 6.45) is 1.71. The second-order valence-corrected chi connectivity index (χ2v) is 4.75. The number of aliphatic hydroxyl groups excluding tert-OH is 1. The van der Waals surface area contributed by atoms with Crippen molar-refractivity contribution in [3.05, 3.63) is 29.3 Å². The molecule has 1 aromatic carbocycles. The lowest BCUT2D eigenvalue weighted by molar-refractivity contribution is 0.0751. The van der Waals surface area contributed by atoms with Crippen molar-refractivity contribution in [3.8, 4) is 0 Å². The molecule has 1 aliphatic carbocycles. The summed E-state index contributed by atoms with van der Waals surface area (Å²) in [6, 6.07) is 6.32. The van der Waals surface area contributed by atoms with Gasteiger partial charge in [0.15, 0.2) is 0 Å². The minimum Gasteiger partial charge on any atom is -0.393 e. The van der Waals surface area contributed by atoms with E-state index in [1.54, 1.807) is 11.3 Å². The van der Waals surface area contributed by atoms with E-state index in [1.165, 1.54) is 10.3 Å². The largest absolute Gasteiger partial charge is 0.393 e. The summed E-state index contributed by atoms with van der Waals surface area (Å²) < 4.78 is 1.25. The molecule has 0 aliphatic heterocycles. The van der Waals surface area contributed by atoms with E-state index >= 15 is 0 Å². The number of fused-ring (bicyclic) bond motifs is 1. The summed E-state index contributed by atoms with van der Waals surface area (Å²) in [5.41, 5.74) is 4.34. The number of hydrogen-bond acceptors (Lipinski definition) is 3. The minimum absolute atomic E-state index is 0.0890. The van der Waals surface area contributed by atoms with Gasteiger partial charge in [-0.05, 0) is 30.4 Å². The Bertz CT molecular complexity index is 459. The quantitative estimate of drug-likeness (QED) is 0.776. The molecule has 2 nitrogen and oxygen atoms in total. The highest BCUT2D eigenvalue weighted by Crippen LogP contribution is 2.39. The minimum atomic E-state index is -0.0890. The number of nitrogens with zero attached hydrogens (tertiary/aromatic N) is 1. The molecule has 14 heavy (non-hydrogen) atoms. The fourth-order valence-corrected chi connectivity index (χ4v) is 2.79. The van der Waals surface area contributed by atoms with Gasteiger partial charge in [-0.3, -0.25) is 0 Å². The van der Waals surface area contributed by atoms with Gasteiger partial charge in [0.2, 0.25) is 0 Å². The summed E-state index contributed by atoms with van der Waals surface area (Å²) in [4.78, 5) is 4.38. The monoisotopic (exact) mass is 205 g/mol. The van der Waals surface area contributed by atoms with Crippen LogP contribution in [-0.2, 0) is 0 Å². The van der Waals surface area contributed by atoms with Crippen molar-refractivity contribution in [2.45, 2.75) is 24.9 Å². The zero-order valence-electron chi connectivity index (χ0n) is 7.68. The van der Waals surface area contributed by atoms with E-state index < -0.39 is 0 Å². The Kier molecular flexibility index (Phi) is 1.82. The molecule has 1 heterocycles. The van der Waals surface area contributed by atoms with Gasteiger partial charge in [-0.1, -0.05) is 12.1 Å². The Morgan fingerprint density at radius 1 is 1.36 bits per heavy atom. The van der Waals surface area contributed by atoms with Crippen LogP contribution >= 0.6 is 11.3 Å². The molecule has 1 N–H and O–H groups in total. The average molecular weight is 205 g/mol. The van der Waals surface area contributed by atoms with Crippen molar-refractivity contribution < 1.29 is 5.11 Å². The first-order valence-corrected chi connectivity index (χ1v) is 5.73. The molecule has 0 amide bonds. The first kappa shape index (κ1) is 8.38. The third-order valence-electron chi connectivity index (χ3n) is 2.94. The standard InChI is InChI=1S/C11H11NOS/c13-8-4-7(5-8)9-2-1-3-10-11(9)12-6-14-10/h1-3,6-8,13H,4-5H2. The van der Waals surface area contributed by atoms with E-state index in [0.29, 0.717) is 5.92 Å². The molecule has 1 fully saturated rings. The Labute approximate surface area is 86.2 Å². The van der Waals surface area contributed by atoms with Crippen LogP contribution in [0.1, 0.15) is 24.3 Å². The van der Waals surface area contributed by atoms with Crippen LogP contribution in [0.2, 0.25) is 0 Å². The van der Waals surface area contributed by atoms with Crippen LogP contribution in [0.5, 0.6) is 0 Å². The van der Waals surface area contributed by atoms with Gasteiger partial charge in [0.1, 0.15) is 0 Å². The van der Waals surface area contributed by atoms with Gasteiger partial charge in [-0.15, -0.1) is 11.3 Å². The summed E-state index contributed by atoms with van der Waals surface area (Å²) in [5, 5.41) is 9.28. The van der Waals surface area contributed by atoms with Crippen molar-refractivity contribution in [1.82, 2.24) is 4.98 Å². The molecule has 1 aromatic heterocycles. The van der Waals surface area contributed by atoms with E-state index in [1.807, 2.05) is 5.51 Å². The van der Waals surface area contributed by atoms with Gasteiger partial charge < -0.3 is 5.11 Å². The number of aromatic nitrogens is 1. The molecule has 72 valence electrons. The topological polar surface area (TPSA) is 33.1 Å². The molecular formula is C11H11NOS. The van der Waals surface area contributed by atoms with Gasteiger partial charge in [0.05, 0.1) is 21.8 Å². The van der Waals surface area contributed by atoms with Crippen molar-refractivity contribution in [1.29, 1.82) is 0 Å². The summed E-state index contributed by atoms with van der Waals surface area (Å²) in [5.74, 6) is 0.524. The Hall–Kier alpha value is -0.930. The molecule has 3 heteroatoms. The first-order valence-electron chi connectivity index (χ1n) is 4.85. The molecule has 0 spiro atoms. The van der Waals surface area contributed by atoms with Crippen LogP contribution in [-0.4, -0.2) is 16.2 Å². The van der Waals surface area contributed by atoms with E-state index in [2.05, 4.69) is 23.2 Å². The summed E-state index contributed by atoms with van der Waals surface area (Å²) in [6.45, 7) is 0. The van der Waals surface area contributed by atoms with E-state index in [0.717, 1.165) is 18.4 Å². The maximum Gasteiger partial charge on any atom is 0.0846 e. The highest BCUT2D eigenvalue weighted by atomic mass is 32.1. The normalized spacial score (nSPS) is 26.4. The summed E-state index contributed by atoms with van der Waals surface area (Å²) in [7, 11) is 0. The molecule has 1 saturated carbocycles. The SMILES string of the molecule is OC1CC(c2cccc3scnc23)C1. The Morgan fingerprint density at radius 3 is 3.00 bits per heavy atom. The lowest BCUT2D eigenvalue weighted by Crippen LogP contribution is -2.26. The zero-order chi connectivity index (χ0) is 9.54. The Balaban J connectivity index is 2.07.